The van der Waals surface area contributed by atoms with Gasteiger partial charge in [0.2, 0.25) is 0 Å². The molecule has 3 heteroatoms. The first-order chi connectivity index (χ1) is 11.8. The van der Waals surface area contributed by atoms with Gasteiger partial charge in [0.25, 0.3) is 0 Å². The molecule has 2 aliphatic carbocycles. The summed E-state index contributed by atoms with van der Waals surface area (Å²) in [4.78, 5) is 8.04. The molecule has 24 heavy (non-hydrogen) atoms. The molecule has 2 fully saturated rings. The van der Waals surface area contributed by atoms with Crippen LogP contribution in [0.3, 0.4) is 0 Å². The molecule has 4 aliphatic rings. The molecule has 4 unspecified atom stereocenters. The number of hydrogen-bond donors (Lipinski definition) is 0. The third kappa shape index (κ3) is 2.19. The van der Waals surface area contributed by atoms with Crippen molar-refractivity contribution in [3.63, 3.8) is 0 Å². The summed E-state index contributed by atoms with van der Waals surface area (Å²) in [6, 6.07) is 8.56. The van der Waals surface area contributed by atoms with Gasteiger partial charge in [-0.3, -0.25) is 4.99 Å². The lowest BCUT2D eigenvalue weighted by Gasteiger charge is -2.37. The van der Waals surface area contributed by atoms with Gasteiger partial charge in [-0.15, -0.1) is 0 Å². The number of allylic oxidation sites excluding steroid dienone is 1. The van der Waals surface area contributed by atoms with E-state index in [0.29, 0.717) is 17.8 Å². The van der Waals surface area contributed by atoms with E-state index in [2.05, 4.69) is 29.2 Å². The molecular weight excluding hydrogens is 316 g/mol. The Labute approximate surface area is 149 Å². The number of piperidine rings is 1. The zero-order valence-corrected chi connectivity index (χ0v) is 14.9. The standard InChI is InChI=1S/C21H25ClN2/c22-18-8-5-15(6-9-18)20-16-4-7-17(14-16)21(20)11-10-19(23-21)24-12-2-1-3-13-24/h4-9,16-17,20H,1-3,10-14H2. The highest BCUT2D eigenvalue weighted by molar-refractivity contribution is 6.30. The lowest BCUT2D eigenvalue weighted by Crippen LogP contribution is -2.37. The van der Waals surface area contributed by atoms with Gasteiger partial charge >= 0.3 is 0 Å². The molecule has 1 aromatic carbocycles. The average Bonchev–Trinajstić information content (AvgIpc) is 3.32. The van der Waals surface area contributed by atoms with Crippen molar-refractivity contribution in [1.82, 2.24) is 4.90 Å². The number of nitrogens with zero attached hydrogens (tertiary/aromatic N) is 2. The minimum absolute atomic E-state index is 0.111. The van der Waals surface area contributed by atoms with Crippen molar-refractivity contribution in [2.24, 2.45) is 16.8 Å². The highest BCUT2D eigenvalue weighted by Crippen LogP contribution is 2.60. The monoisotopic (exact) mass is 340 g/mol. The number of fused-ring (bicyclic) bond motifs is 3. The smallest absolute Gasteiger partial charge is 0.0997 e. The zero-order chi connectivity index (χ0) is 16.1. The van der Waals surface area contributed by atoms with Crippen LogP contribution in [0, 0.1) is 11.8 Å². The number of aliphatic imine (C=N–C) groups is 1. The quantitative estimate of drug-likeness (QED) is 0.653. The van der Waals surface area contributed by atoms with Crippen molar-refractivity contribution in [3.05, 3.63) is 47.0 Å². The fraction of sp³-hybridized carbons (Fsp3) is 0.571. The second kappa shape index (κ2) is 5.62. The van der Waals surface area contributed by atoms with Crippen LogP contribution in [0.4, 0.5) is 0 Å². The maximum atomic E-state index is 6.13. The number of halogens is 1. The lowest BCUT2D eigenvalue weighted by molar-refractivity contribution is 0.316. The number of benzene rings is 1. The molecule has 1 saturated heterocycles. The van der Waals surface area contributed by atoms with E-state index in [1.807, 2.05) is 12.1 Å². The molecule has 126 valence electrons. The normalized spacial score (nSPS) is 37.5. The molecule has 1 aromatic rings. The van der Waals surface area contributed by atoms with E-state index in [-0.39, 0.29) is 5.54 Å². The van der Waals surface area contributed by atoms with E-state index >= 15 is 0 Å². The zero-order valence-electron chi connectivity index (χ0n) is 14.1. The summed E-state index contributed by atoms with van der Waals surface area (Å²) in [5, 5.41) is 0.829. The van der Waals surface area contributed by atoms with Crippen LogP contribution < -0.4 is 0 Å². The van der Waals surface area contributed by atoms with E-state index in [4.69, 9.17) is 16.6 Å². The maximum absolute atomic E-state index is 6.13. The Morgan fingerprint density at radius 3 is 2.62 bits per heavy atom. The third-order valence-electron chi connectivity index (χ3n) is 6.76. The van der Waals surface area contributed by atoms with Gasteiger partial charge in [0.15, 0.2) is 0 Å². The van der Waals surface area contributed by atoms with Crippen LogP contribution in [0.25, 0.3) is 0 Å². The molecule has 2 nitrogen and oxygen atoms in total. The Morgan fingerprint density at radius 2 is 1.83 bits per heavy atom. The second-order valence-electron chi connectivity index (χ2n) is 7.99. The van der Waals surface area contributed by atoms with Crippen LogP contribution in [0.2, 0.25) is 5.02 Å². The van der Waals surface area contributed by atoms with E-state index in [0.717, 1.165) is 5.02 Å². The molecule has 0 radical (unpaired) electrons. The predicted octanol–water partition coefficient (Wildman–Crippen LogP) is 5.05. The van der Waals surface area contributed by atoms with Gasteiger partial charge in [0.1, 0.15) is 0 Å². The second-order valence-corrected chi connectivity index (χ2v) is 8.42. The summed E-state index contributed by atoms with van der Waals surface area (Å²) < 4.78 is 0. The van der Waals surface area contributed by atoms with Gasteiger partial charge in [0.05, 0.1) is 11.4 Å². The van der Waals surface area contributed by atoms with Gasteiger partial charge < -0.3 is 4.90 Å². The van der Waals surface area contributed by atoms with Crippen molar-refractivity contribution in [1.29, 1.82) is 0 Å². The molecule has 1 saturated carbocycles. The minimum atomic E-state index is 0.111. The first-order valence-electron chi connectivity index (χ1n) is 9.54. The van der Waals surface area contributed by atoms with Crippen molar-refractivity contribution in [2.45, 2.75) is 50.0 Å². The summed E-state index contributed by atoms with van der Waals surface area (Å²) in [7, 11) is 0. The molecule has 1 spiro atoms. The lowest BCUT2D eigenvalue weighted by atomic mass is 9.71. The van der Waals surface area contributed by atoms with Crippen LogP contribution in [0.15, 0.2) is 41.4 Å². The number of rotatable bonds is 1. The van der Waals surface area contributed by atoms with E-state index in [1.54, 1.807) is 0 Å². The molecule has 5 rings (SSSR count). The van der Waals surface area contributed by atoms with E-state index in [9.17, 15) is 0 Å². The van der Waals surface area contributed by atoms with Crippen molar-refractivity contribution in [3.8, 4) is 0 Å². The number of hydrogen-bond acceptors (Lipinski definition) is 2. The van der Waals surface area contributed by atoms with Crippen LogP contribution in [0.5, 0.6) is 0 Å². The summed E-state index contributed by atoms with van der Waals surface area (Å²) >= 11 is 6.13. The first-order valence-corrected chi connectivity index (χ1v) is 9.91. The topological polar surface area (TPSA) is 15.6 Å². The van der Waals surface area contributed by atoms with E-state index < -0.39 is 0 Å². The van der Waals surface area contributed by atoms with Gasteiger partial charge in [-0.05, 0) is 55.7 Å². The first kappa shape index (κ1) is 15.0. The van der Waals surface area contributed by atoms with Gasteiger partial charge in [-0.1, -0.05) is 35.9 Å². The van der Waals surface area contributed by atoms with Crippen molar-refractivity contribution < 1.29 is 0 Å². The molecule has 0 aromatic heterocycles. The average molecular weight is 341 g/mol. The fourth-order valence-electron chi connectivity index (χ4n) is 5.69. The SMILES string of the molecule is Clc1ccc(C2C3C=CC(C3)C23CCC(N2CCCCC2)=N3)cc1. The molecule has 0 N–H and O–H groups in total. The summed E-state index contributed by atoms with van der Waals surface area (Å²) in [5.41, 5.74) is 1.54. The van der Waals surface area contributed by atoms with Crippen LogP contribution in [0.1, 0.15) is 50.0 Å². The maximum Gasteiger partial charge on any atom is 0.0997 e. The highest BCUT2D eigenvalue weighted by Gasteiger charge is 2.58. The predicted molar refractivity (Wildman–Crippen MR) is 99.8 cm³/mol. The summed E-state index contributed by atoms with van der Waals surface area (Å²) in [6.45, 7) is 2.43. The Hall–Kier alpha value is -1.28. The Kier molecular flexibility index (Phi) is 3.52. The Bertz CT molecular complexity index is 686. The Morgan fingerprint density at radius 1 is 1.04 bits per heavy atom. The number of likely N-dealkylation sites (tertiary alicyclic amines) is 1. The van der Waals surface area contributed by atoms with Gasteiger partial charge in [-0.2, -0.15) is 0 Å². The summed E-state index contributed by atoms with van der Waals surface area (Å²) in [6.07, 6.45) is 12.6. The van der Waals surface area contributed by atoms with Crippen LogP contribution >= 0.6 is 11.6 Å². The molecule has 2 bridgehead atoms. The molecule has 0 amide bonds. The fourth-order valence-corrected chi connectivity index (χ4v) is 5.82. The summed E-state index contributed by atoms with van der Waals surface area (Å²) in [5.74, 6) is 3.22. The molecule has 2 heterocycles. The minimum Gasteiger partial charge on any atom is -0.360 e. The Balaban J connectivity index is 1.52. The van der Waals surface area contributed by atoms with Crippen molar-refractivity contribution >= 4 is 17.4 Å². The van der Waals surface area contributed by atoms with Crippen LogP contribution in [-0.4, -0.2) is 29.4 Å². The van der Waals surface area contributed by atoms with Gasteiger partial charge in [0, 0.05) is 36.4 Å². The third-order valence-corrected chi connectivity index (χ3v) is 7.01. The number of amidine groups is 1. The van der Waals surface area contributed by atoms with Crippen molar-refractivity contribution in [2.75, 3.05) is 13.1 Å². The molecule has 4 atom stereocenters. The van der Waals surface area contributed by atoms with E-state index in [1.165, 1.54) is 63.0 Å². The molecule has 2 aliphatic heterocycles. The highest BCUT2D eigenvalue weighted by atomic mass is 35.5. The van der Waals surface area contributed by atoms with Crippen LogP contribution in [-0.2, 0) is 0 Å². The largest absolute Gasteiger partial charge is 0.360 e. The molecular formula is C21H25ClN2. The van der Waals surface area contributed by atoms with Gasteiger partial charge in [-0.25, -0.2) is 0 Å².